The lowest BCUT2D eigenvalue weighted by Crippen LogP contribution is -2.41. The highest BCUT2D eigenvalue weighted by atomic mass is 35.5. The number of aromatic nitrogens is 3. The molecule has 2 aromatic rings. The molecule has 2 fully saturated rings. The van der Waals surface area contributed by atoms with E-state index < -0.39 is 0 Å². The van der Waals surface area contributed by atoms with Crippen molar-refractivity contribution in [1.29, 1.82) is 0 Å². The topological polar surface area (TPSA) is 58.3 Å². The number of hydrogen-bond donors (Lipinski definition) is 1. The first-order valence-electron chi connectivity index (χ1n) is 9.33. The molecule has 0 unspecified atom stereocenters. The van der Waals surface area contributed by atoms with E-state index in [4.69, 9.17) is 11.6 Å². The molecule has 3 heterocycles. The van der Waals surface area contributed by atoms with Gasteiger partial charge in [-0.3, -0.25) is 9.89 Å². The number of benzene rings is 1. The molecule has 7 heteroatoms. The molecule has 0 radical (unpaired) electrons. The van der Waals surface area contributed by atoms with Crippen molar-refractivity contribution in [2.45, 2.75) is 43.6 Å². The highest BCUT2D eigenvalue weighted by Gasteiger charge is 2.49. The maximum absolute atomic E-state index is 6.67. The fraction of sp³-hybridized carbons (Fsp3) is 0.526. The van der Waals surface area contributed by atoms with Crippen LogP contribution >= 0.6 is 11.6 Å². The first-order chi connectivity index (χ1) is 12.6. The largest absolute Gasteiger partial charge is 0.343 e. The molecule has 1 aliphatic carbocycles. The van der Waals surface area contributed by atoms with Gasteiger partial charge in [0.25, 0.3) is 0 Å². The van der Waals surface area contributed by atoms with Crippen molar-refractivity contribution in [3.63, 3.8) is 0 Å². The number of hydrogen-bond acceptors (Lipinski definition) is 4. The third kappa shape index (κ3) is 2.18. The van der Waals surface area contributed by atoms with Gasteiger partial charge in [-0.1, -0.05) is 23.2 Å². The van der Waals surface area contributed by atoms with Gasteiger partial charge in [0.15, 0.2) is 0 Å². The number of aliphatic imine (C=N–C) groups is 1. The number of amidine groups is 1. The van der Waals surface area contributed by atoms with Gasteiger partial charge < -0.3 is 5.32 Å². The summed E-state index contributed by atoms with van der Waals surface area (Å²) in [5.41, 5.74) is 4.30. The zero-order chi connectivity index (χ0) is 17.9. The summed E-state index contributed by atoms with van der Waals surface area (Å²) in [6.07, 6.45) is 7.86. The molecule has 1 atom stereocenters. The van der Waals surface area contributed by atoms with Crippen LogP contribution in [-0.2, 0) is 5.41 Å². The van der Waals surface area contributed by atoms with Gasteiger partial charge in [-0.05, 0) is 57.0 Å². The molecule has 1 aromatic carbocycles. The molecule has 5 rings (SSSR count). The quantitative estimate of drug-likeness (QED) is 0.878. The van der Waals surface area contributed by atoms with E-state index in [1.54, 1.807) is 4.68 Å². The predicted octanol–water partition coefficient (Wildman–Crippen LogP) is 3.56. The summed E-state index contributed by atoms with van der Waals surface area (Å²) in [5.74, 6) is 1.07. The van der Waals surface area contributed by atoms with Gasteiger partial charge >= 0.3 is 0 Å². The molecule has 1 spiro atoms. The molecule has 136 valence electrons. The molecule has 6 nitrogen and oxygen atoms in total. The van der Waals surface area contributed by atoms with Crippen LogP contribution in [0.25, 0.3) is 5.69 Å². The van der Waals surface area contributed by atoms with E-state index in [9.17, 15) is 0 Å². The average molecular weight is 371 g/mol. The van der Waals surface area contributed by atoms with Gasteiger partial charge in [0.1, 0.15) is 11.5 Å². The molecule has 0 bridgehead atoms. The number of likely N-dealkylation sites (tertiary alicyclic amines) is 1. The highest BCUT2D eigenvalue weighted by Crippen LogP contribution is 2.52. The van der Waals surface area contributed by atoms with Crippen molar-refractivity contribution >= 4 is 23.1 Å². The molecule has 1 saturated heterocycles. The van der Waals surface area contributed by atoms with E-state index in [-0.39, 0.29) is 5.41 Å². The van der Waals surface area contributed by atoms with Crippen molar-refractivity contribution in [1.82, 2.24) is 19.9 Å². The van der Waals surface area contributed by atoms with Crippen molar-refractivity contribution in [2.24, 2.45) is 4.99 Å². The zero-order valence-corrected chi connectivity index (χ0v) is 15.9. The van der Waals surface area contributed by atoms with Crippen LogP contribution in [0.15, 0.2) is 23.3 Å². The first kappa shape index (κ1) is 16.3. The second-order valence-electron chi connectivity index (χ2n) is 7.71. The van der Waals surface area contributed by atoms with Gasteiger partial charge in [-0.25, -0.2) is 4.68 Å². The Labute approximate surface area is 158 Å². The van der Waals surface area contributed by atoms with Crippen LogP contribution in [0.5, 0.6) is 0 Å². The van der Waals surface area contributed by atoms with E-state index in [0.29, 0.717) is 11.1 Å². The summed E-state index contributed by atoms with van der Waals surface area (Å²) in [6.45, 7) is 1.11. The second kappa shape index (κ2) is 5.79. The average Bonchev–Trinajstić information content (AvgIpc) is 3.29. The van der Waals surface area contributed by atoms with Crippen LogP contribution in [0, 0.1) is 0 Å². The molecular weight excluding hydrogens is 348 g/mol. The number of nitrogens with zero attached hydrogens (tertiary/aromatic N) is 5. The number of fused-ring (bicyclic) bond motifs is 2. The second-order valence-corrected chi connectivity index (χ2v) is 8.12. The summed E-state index contributed by atoms with van der Waals surface area (Å²) >= 11 is 6.67. The Balaban J connectivity index is 1.53. The zero-order valence-electron chi connectivity index (χ0n) is 15.2. The predicted molar refractivity (Wildman–Crippen MR) is 103 cm³/mol. The fourth-order valence-electron chi connectivity index (χ4n) is 4.75. The summed E-state index contributed by atoms with van der Waals surface area (Å²) in [7, 11) is 4.01. The Morgan fingerprint density at radius 3 is 2.81 bits per heavy atom. The Morgan fingerprint density at radius 2 is 2.15 bits per heavy atom. The maximum atomic E-state index is 6.67. The minimum absolute atomic E-state index is 0.0480. The summed E-state index contributed by atoms with van der Waals surface area (Å²) < 4.78 is 1.81. The highest BCUT2D eigenvalue weighted by molar-refractivity contribution is 6.33. The Bertz CT molecular complexity index is 897. The van der Waals surface area contributed by atoms with E-state index in [0.717, 1.165) is 48.7 Å². The van der Waals surface area contributed by atoms with Crippen LogP contribution in [-0.4, -0.2) is 46.4 Å². The molecule has 0 amide bonds. The third-order valence-corrected chi connectivity index (χ3v) is 6.66. The number of halogens is 1. The van der Waals surface area contributed by atoms with Gasteiger partial charge in [-0.15, -0.1) is 5.10 Å². The molecular formula is C19H23ClN6. The number of rotatable bonds is 2. The lowest BCUT2D eigenvalue weighted by atomic mass is 9.65. The molecule has 1 aromatic heterocycles. The molecule has 1 N–H and O–H groups in total. The lowest BCUT2D eigenvalue weighted by Gasteiger charge is -2.38. The lowest BCUT2D eigenvalue weighted by molar-refractivity contribution is 0.311. The standard InChI is InChI=1S/C19H23ClN6/c1-21-18-19(6-4-7-19)12-9-13(20)17(10-14(12)22-18)26-11-15(23-24-26)16-5-3-8-25(16)2/h9-11,16H,3-8H2,1-2H3,(H,21,22)/t16-/m0/s1. The summed E-state index contributed by atoms with van der Waals surface area (Å²) in [4.78, 5) is 6.83. The first-order valence-corrected chi connectivity index (χ1v) is 9.71. The Kier molecular flexibility index (Phi) is 3.62. The number of nitrogens with one attached hydrogen (secondary N) is 1. The van der Waals surface area contributed by atoms with Crippen molar-refractivity contribution in [3.8, 4) is 5.69 Å². The summed E-state index contributed by atoms with van der Waals surface area (Å²) in [6, 6.07) is 4.54. The third-order valence-electron chi connectivity index (χ3n) is 6.36. The van der Waals surface area contributed by atoms with E-state index in [2.05, 4.69) is 44.7 Å². The smallest absolute Gasteiger partial charge is 0.111 e. The molecule has 3 aliphatic rings. The van der Waals surface area contributed by atoms with Gasteiger partial charge in [0.05, 0.1) is 28.4 Å². The summed E-state index contributed by atoms with van der Waals surface area (Å²) in [5, 5.41) is 13.0. The Hall–Kier alpha value is -1.92. The molecule has 1 saturated carbocycles. The Morgan fingerprint density at radius 1 is 1.31 bits per heavy atom. The van der Waals surface area contributed by atoms with Crippen LogP contribution < -0.4 is 5.32 Å². The van der Waals surface area contributed by atoms with Crippen LogP contribution in [0.3, 0.4) is 0 Å². The van der Waals surface area contributed by atoms with Crippen molar-refractivity contribution < 1.29 is 0 Å². The molecule has 26 heavy (non-hydrogen) atoms. The SMILES string of the molecule is CN=C1Nc2cc(-n3cc([C@@H]4CCCN4C)nn3)c(Cl)cc2C12CCC2. The van der Waals surface area contributed by atoms with Gasteiger partial charge in [-0.2, -0.15) is 0 Å². The maximum Gasteiger partial charge on any atom is 0.111 e. The van der Waals surface area contributed by atoms with Crippen LogP contribution in [0.1, 0.15) is 49.4 Å². The van der Waals surface area contributed by atoms with Gasteiger partial charge in [0, 0.05) is 12.7 Å². The molecule has 2 aliphatic heterocycles. The fourth-order valence-corrected chi connectivity index (χ4v) is 5.00. The van der Waals surface area contributed by atoms with Gasteiger partial charge in [0.2, 0.25) is 0 Å². The van der Waals surface area contributed by atoms with E-state index in [1.165, 1.54) is 18.4 Å². The van der Waals surface area contributed by atoms with Crippen molar-refractivity contribution in [2.75, 3.05) is 26.0 Å². The normalized spacial score (nSPS) is 25.5. The van der Waals surface area contributed by atoms with Crippen LogP contribution in [0.4, 0.5) is 5.69 Å². The monoisotopic (exact) mass is 370 g/mol. The minimum atomic E-state index is 0.0480. The van der Waals surface area contributed by atoms with Crippen molar-refractivity contribution in [3.05, 3.63) is 34.6 Å². The van der Waals surface area contributed by atoms with Crippen LogP contribution in [0.2, 0.25) is 5.02 Å². The number of anilines is 1. The van der Waals surface area contributed by atoms with E-state index in [1.807, 2.05) is 13.2 Å². The van der Waals surface area contributed by atoms with E-state index >= 15 is 0 Å². The minimum Gasteiger partial charge on any atom is -0.343 e.